The van der Waals surface area contributed by atoms with Gasteiger partial charge >= 0.3 is 0 Å². The van der Waals surface area contributed by atoms with Crippen molar-refractivity contribution in [2.45, 2.75) is 19.9 Å². The molecular weight excluding hydrogens is 413 g/mol. The van der Waals surface area contributed by atoms with Gasteiger partial charge in [-0.3, -0.25) is 14.2 Å². The molecule has 3 rings (SSSR count). The number of aromatic nitrogens is 2. The minimum atomic E-state index is -0.427. The molecule has 8 heteroatoms. The Labute approximate surface area is 177 Å². The van der Waals surface area contributed by atoms with Gasteiger partial charge in [0.05, 0.1) is 10.7 Å². The number of aliphatic hydroxyl groups excluding tert-OH is 1. The molecule has 0 unspecified atom stereocenters. The van der Waals surface area contributed by atoms with Crippen LogP contribution in [0.25, 0.3) is 11.4 Å². The van der Waals surface area contributed by atoms with E-state index in [0.717, 1.165) is 0 Å². The molecule has 0 bridgehead atoms. The maximum Gasteiger partial charge on any atom is 0.257 e. The van der Waals surface area contributed by atoms with E-state index in [1.807, 2.05) is 0 Å². The molecule has 0 aliphatic rings. The van der Waals surface area contributed by atoms with Crippen molar-refractivity contribution in [1.82, 2.24) is 9.55 Å². The van der Waals surface area contributed by atoms with Crippen LogP contribution in [0.2, 0.25) is 10.0 Å². The molecule has 0 saturated carbocycles. The molecule has 0 fully saturated rings. The van der Waals surface area contributed by atoms with Gasteiger partial charge in [-0.2, -0.15) is 0 Å². The number of nitrogens with one attached hydrogen (secondary N) is 1. The van der Waals surface area contributed by atoms with Crippen LogP contribution in [-0.2, 0) is 17.8 Å². The summed E-state index contributed by atoms with van der Waals surface area (Å²) in [7, 11) is 0. The Morgan fingerprint density at radius 2 is 1.93 bits per heavy atom. The lowest BCUT2D eigenvalue weighted by Gasteiger charge is -2.16. The highest BCUT2D eigenvalue weighted by molar-refractivity contribution is 6.33. The van der Waals surface area contributed by atoms with Gasteiger partial charge in [0.15, 0.2) is 0 Å². The van der Waals surface area contributed by atoms with E-state index in [-0.39, 0.29) is 25.1 Å². The van der Waals surface area contributed by atoms with Crippen LogP contribution >= 0.6 is 23.2 Å². The number of hydrogen-bond donors (Lipinski definition) is 2. The van der Waals surface area contributed by atoms with Gasteiger partial charge in [0.25, 0.3) is 5.56 Å². The van der Waals surface area contributed by atoms with Crippen molar-refractivity contribution in [3.05, 3.63) is 80.2 Å². The van der Waals surface area contributed by atoms with Gasteiger partial charge in [0.2, 0.25) is 5.91 Å². The second kappa shape index (κ2) is 9.22. The fourth-order valence-corrected chi connectivity index (χ4v) is 3.36. The minimum absolute atomic E-state index is 0.152. The lowest BCUT2D eigenvalue weighted by Crippen LogP contribution is -2.33. The van der Waals surface area contributed by atoms with Crippen LogP contribution in [0.15, 0.2) is 53.3 Å². The molecule has 0 radical (unpaired) electrons. The third-order valence-corrected chi connectivity index (χ3v) is 4.93. The predicted molar refractivity (Wildman–Crippen MR) is 115 cm³/mol. The Balaban J connectivity index is 2.05. The molecule has 150 valence electrons. The quantitative estimate of drug-likeness (QED) is 0.622. The zero-order valence-corrected chi connectivity index (χ0v) is 17.2. The van der Waals surface area contributed by atoms with E-state index in [0.29, 0.717) is 38.4 Å². The van der Waals surface area contributed by atoms with Crippen molar-refractivity contribution in [3.63, 3.8) is 0 Å². The van der Waals surface area contributed by atoms with Gasteiger partial charge in [-0.1, -0.05) is 47.5 Å². The van der Waals surface area contributed by atoms with Gasteiger partial charge in [-0.05, 0) is 31.2 Å². The van der Waals surface area contributed by atoms with E-state index < -0.39 is 5.91 Å². The number of carbonyl (C=O) groups excluding carboxylic acids is 1. The molecule has 1 amide bonds. The highest BCUT2D eigenvalue weighted by Crippen LogP contribution is 2.23. The third kappa shape index (κ3) is 4.85. The number of aliphatic hydroxyl groups is 1. The van der Waals surface area contributed by atoms with Crippen LogP contribution in [0, 0.1) is 6.92 Å². The Kier molecular flexibility index (Phi) is 6.69. The first-order valence-electron chi connectivity index (χ1n) is 8.92. The van der Waals surface area contributed by atoms with Gasteiger partial charge in [0.1, 0.15) is 12.4 Å². The summed E-state index contributed by atoms with van der Waals surface area (Å²) in [5.74, 6) is -0.102. The highest BCUT2D eigenvalue weighted by atomic mass is 35.5. The van der Waals surface area contributed by atoms with Crippen molar-refractivity contribution in [1.29, 1.82) is 0 Å². The van der Waals surface area contributed by atoms with E-state index in [1.54, 1.807) is 55.5 Å². The predicted octanol–water partition coefficient (Wildman–Crippen LogP) is 3.70. The van der Waals surface area contributed by atoms with Crippen LogP contribution in [0.1, 0.15) is 11.3 Å². The number of amides is 1. The van der Waals surface area contributed by atoms with Gasteiger partial charge < -0.3 is 10.4 Å². The molecule has 3 aromatic rings. The molecule has 0 saturated heterocycles. The molecule has 0 spiro atoms. The number of aryl methyl sites for hydroxylation is 1. The zero-order valence-electron chi connectivity index (χ0n) is 15.7. The largest absolute Gasteiger partial charge is 0.396 e. The smallest absolute Gasteiger partial charge is 0.257 e. The number of benzene rings is 2. The topological polar surface area (TPSA) is 84.2 Å². The summed E-state index contributed by atoms with van der Waals surface area (Å²) in [5, 5.41) is 12.9. The summed E-state index contributed by atoms with van der Waals surface area (Å²) in [6, 6.07) is 13.7. The zero-order chi connectivity index (χ0) is 21.0. The Morgan fingerprint density at radius 3 is 2.62 bits per heavy atom. The molecule has 6 nitrogen and oxygen atoms in total. The van der Waals surface area contributed by atoms with E-state index >= 15 is 0 Å². The van der Waals surface area contributed by atoms with E-state index in [9.17, 15) is 14.7 Å². The summed E-state index contributed by atoms with van der Waals surface area (Å²) >= 11 is 12.2. The molecule has 1 aromatic heterocycles. The molecule has 0 aliphatic heterocycles. The minimum Gasteiger partial charge on any atom is -0.396 e. The average Bonchev–Trinajstić information content (AvgIpc) is 2.69. The fourth-order valence-electron chi connectivity index (χ4n) is 2.99. The first-order chi connectivity index (χ1) is 13.9. The molecule has 0 atom stereocenters. The van der Waals surface area contributed by atoms with Gasteiger partial charge in [-0.15, -0.1) is 0 Å². The summed E-state index contributed by atoms with van der Waals surface area (Å²) in [4.78, 5) is 30.3. The number of rotatable bonds is 6. The lowest BCUT2D eigenvalue weighted by atomic mass is 10.1. The third-order valence-electron chi connectivity index (χ3n) is 4.36. The summed E-state index contributed by atoms with van der Waals surface area (Å²) in [6.45, 7) is 1.24. The monoisotopic (exact) mass is 431 g/mol. The molecule has 2 N–H and O–H groups in total. The van der Waals surface area contributed by atoms with Crippen molar-refractivity contribution in [2.75, 3.05) is 11.9 Å². The SMILES string of the molecule is Cc1nc(-c2cccc(Cl)c2)n(CC(=O)Nc2ccccc2Cl)c(=O)c1CCO. The maximum atomic E-state index is 13.1. The molecule has 1 heterocycles. The number of hydrogen-bond acceptors (Lipinski definition) is 4. The number of carbonyl (C=O) groups is 1. The lowest BCUT2D eigenvalue weighted by molar-refractivity contribution is -0.116. The Bertz CT molecular complexity index is 1110. The molecule has 29 heavy (non-hydrogen) atoms. The van der Waals surface area contributed by atoms with Crippen molar-refractivity contribution in [2.24, 2.45) is 0 Å². The van der Waals surface area contributed by atoms with Crippen LogP contribution in [0.4, 0.5) is 5.69 Å². The van der Waals surface area contributed by atoms with Crippen molar-refractivity contribution in [3.8, 4) is 11.4 Å². The highest BCUT2D eigenvalue weighted by Gasteiger charge is 2.18. The van der Waals surface area contributed by atoms with Crippen LogP contribution in [0.5, 0.6) is 0 Å². The van der Waals surface area contributed by atoms with Gasteiger partial charge in [-0.25, -0.2) is 4.98 Å². The second-order valence-corrected chi connectivity index (χ2v) is 7.25. The molecular formula is C21H19Cl2N3O3. The Hall–Kier alpha value is -2.67. The van der Waals surface area contributed by atoms with E-state index in [2.05, 4.69) is 10.3 Å². The van der Waals surface area contributed by atoms with Crippen molar-refractivity contribution < 1.29 is 9.90 Å². The van der Waals surface area contributed by atoms with Crippen LogP contribution in [-0.4, -0.2) is 27.2 Å². The number of para-hydroxylation sites is 1. The second-order valence-electron chi connectivity index (χ2n) is 6.40. The summed E-state index contributed by atoms with van der Waals surface area (Å²) < 4.78 is 1.29. The van der Waals surface area contributed by atoms with Crippen LogP contribution < -0.4 is 10.9 Å². The maximum absolute atomic E-state index is 13.1. The fraction of sp³-hybridized carbons (Fsp3) is 0.190. The number of halogens is 2. The van der Waals surface area contributed by atoms with E-state index in [4.69, 9.17) is 23.2 Å². The molecule has 0 aliphatic carbocycles. The van der Waals surface area contributed by atoms with Gasteiger partial charge in [0, 0.05) is 34.9 Å². The average molecular weight is 432 g/mol. The standard InChI is InChI=1S/C21H19Cl2N3O3/c1-13-16(9-10-27)21(29)26(20(24-13)14-5-4-6-15(22)11-14)12-19(28)25-18-8-3-2-7-17(18)23/h2-8,11,27H,9-10,12H2,1H3,(H,25,28). The number of nitrogens with zero attached hydrogens (tertiary/aromatic N) is 2. The number of anilines is 1. The summed E-state index contributed by atoms with van der Waals surface area (Å²) in [5.41, 5.74) is 1.55. The van der Waals surface area contributed by atoms with Crippen LogP contribution in [0.3, 0.4) is 0 Å². The first kappa shape index (κ1) is 21.0. The molecule has 2 aromatic carbocycles. The normalized spacial score (nSPS) is 10.8. The van der Waals surface area contributed by atoms with Crippen molar-refractivity contribution >= 4 is 34.8 Å². The Morgan fingerprint density at radius 1 is 1.17 bits per heavy atom. The first-order valence-corrected chi connectivity index (χ1v) is 9.67. The van der Waals surface area contributed by atoms with E-state index in [1.165, 1.54) is 4.57 Å². The summed E-state index contributed by atoms with van der Waals surface area (Å²) in [6.07, 6.45) is 0.152.